The smallest absolute Gasteiger partial charge is 0.219 e. The Hall–Kier alpha value is -3.24. The number of aromatic nitrogens is 1. The lowest BCUT2D eigenvalue weighted by molar-refractivity contribution is 0.362. The van der Waals surface area contributed by atoms with Gasteiger partial charge in [-0.15, -0.1) is 0 Å². The maximum atomic E-state index is 15.2. The zero-order chi connectivity index (χ0) is 21.1. The molecule has 1 aromatic heterocycles. The molecule has 0 unspecified atom stereocenters. The minimum Gasteiger partial charge on any atom is -0.433 e. The molecule has 4 aromatic rings. The summed E-state index contributed by atoms with van der Waals surface area (Å²) in [5.74, 6) is -7.53. The maximum Gasteiger partial charge on any atom is 0.219 e. The first-order chi connectivity index (χ1) is 14.6. The lowest BCUT2D eigenvalue weighted by Crippen LogP contribution is -2.27. The molecule has 2 nitrogen and oxygen atoms in total. The second-order valence-electron chi connectivity index (χ2n) is 6.21. The van der Waals surface area contributed by atoms with E-state index in [2.05, 4.69) is 4.98 Å². The van der Waals surface area contributed by atoms with Crippen LogP contribution in [0.15, 0.2) is 85.1 Å². The molecule has 0 aliphatic carbocycles. The van der Waals surface area contributed by atoms with Gasteiger partial charge in [-0.1, -0.05) is 66.7 Å². The highest BCUT2D eigenvalue weighted by Gasteiger charge is 2.33. The van der Waals surface area contributed by atoms with Crippen molar-refractivity contribution >= 4 is 23.8 Å². The van der Waals surface area contributed by atoms with Gasteiger partial charge in [-0.05, 0) is 24.6 Å². The van der Waals surface area contributed by atoms with E-state index in [0.29, 0.717) is 10.6 Å². The fourth-order valence-corrected chi connectivity index (χ4v) is 5.30. The van der Waals surface area contributed by atoms with Crippen LogP contribution in [0.3, 0.4) is 0 Å². The van der Waals surface area contributed by atoms with Gasteiger partial charge in [0, 0.05) is 12.3 Å². The molecular weight excluding hydrogens is 413 g/mol. The summed E-state index contributed by atoms with van der Waals surface area (Å²) < 4.78 is 65.0. The number of benzene rings is 3. The molecule has 0 saturated carbocycles. The van der Waals surface area contributed by atoms with E-state index in [1.54, 1.807) is 66.7 Å². The van der Waals surface area contributed by atoms with Gasteiger partial charge in [0.15, 0.2) is 11.6 Å². The number of halogens is 4. The standard InChI is InChI=1S/C23H14F4NOP/c24-18-20(26)23(21(27)19(25)22(18)29-17-13-7-8-14-28-17)30(15-9-3-1-4-10-15)16-11-5-2-6-12-16/h1-14H. The molecule has 7 heteroatoms. The summed E-state index contributed by atoms with van der Waals surface area (Å²) in [5, 5.41) is 0.438. The first-order valence-corrected chi connectivity index (χ1v) is 10.3. The van der Waals surface area contributed by atoms with E-state index in [4.69, 9.17) is 4.74 Å². The van der Waals surface area contributed by atoms with E-state index >= 15 is 8.78 Å². The quantitative estimate of drug-likeness (QED) is 0.249. The molecule has 0 fully saturated rings. The van der Waals surface area contributed by atoms with Gasteiger partial charge in [-0.2, -0.15) is 8.78 Å². The number of nitrogens with zero attached hydrogens (tertiary/aromatic N) is 1. The highest BCUT2D eigenvalue weighted by atomic mass is 31.1. The maximum absolute atomic E-state index is 15.2. The molecule has 150 valence electrons. The zero-order valence-corrected chi connectivity index (χ0v) is 16.3. The Morgan fingerprint density at radius 3 is 1.57 bits per heavy atom. The summed E-state index contributed by atoms with van der Waals surface area (Å²) in [7, 11) is -1.89. The lowest BCUT2D eigenvalue weighted by atomic mass is 10.3. The Morgan fingerprint density at radius 1 is 0.600 bits per heavy atom. The summed E-state index contributed by atoms with van der Waals surface area (Å²) >= 11 is 0. The van der Waals surface area contributed by atoms with Crippen molar-refractivity contribution in [2.24, 2.45) is 0 Å². The van der Waals surface area contributed by atoms with Crippen LogP contribution in [-0.4, -0.2) is 4.98 Å². The van der Waals surface area contributed by atoms with Crippen LogP contribution in [0.4, 0.5) is 17.6 Å². The first kappa shape index (κ1) is 20.0. The Kier molecular flexibility index (Phi) is 5.77. The summed E-state index contributed by atoms with van der Waals surface area (Å²) in [5.41, 5.74) is 0. The minimum atomic E-state index is -1.89. The van der Waals surface area contributed by atoms with E-state index in [0.717, 1.165) is 0 Å². The van der Waals surface area contributed by atoms with Gasteiger partial charge in [0.2, 0.25) is 23.3 Å². The fraction of sp³-hybridized carbons (Fsp3) is 0. The molecule has 0 N–H and O–H groups in total. The average Bonchev–Trinajstić information content (AvgIpc) is 2.80. The van der Waals surface area contributed by atoms with Crippen LogP contribution >= 0.6 is 7.92 Å². The summed E-state index contributed by atoms with van der Waals surface area (Å²) in [6.07, 6.45) is 1.33. The van der Waals surface area contributed by atoms with Crippen molar-refractivity contribution in [3.8, 4) is 11.6 Å². The summed E-state index contributed by atoms with van der Waals surface area (Å²) in [6, 6.07) is 21.4. The van der Waals surface area contributed by atoms with E-state index < -0.39 is 42.2 Å². The first-order valence-electron chi connectivity index (χ1n) is 8.93. The van der Waals surface area contributed by atoms with Crippen molar-refractivity contribution < 1.29 is 22.3 Å². The van der Waals surface area contributed by atoms with Gasteiger partial charge in [-0.3, -0.25) is 0 Å². The summed E-state index contributed by atoms with van der Waals surface area (Å²) in [6.45, 7) is 0. The van der Waals surface area contributed by atoms with Crippen LogP contribution in [0.1, 0.15) is 0 Å². The zero-order valence-electron chi connectivity index (χ0n) is 15.4. The molecule has 1 heterocycles. The lowest BCUT2D eigenvalue weighted by Gasteiger charge is -2.21. The highest BCUT2D eigenvalue weighted by Crippen LogP contribution is 2.39. The minimum absolute atomic E-state index is 0.185. The second-order valence-corrected chi connectivity index (χ2v) is 8.36. The highest BCUT2D eigenvalue weighted by molar-refractivity contribution is 7.79. The number of hydrogen-bond acceptors (Lipinski definition) is 2. The fourth-order valence-electron chi connectivity index (χ4n) is 2.96. The van der Waals surface area contributed by atoms with Crippen molar-refractivity contribution in [2.75, 3.05) is 0 Å². The van der Waals surface area contributed by atoms with E-state index in [1.165, 1.54) is 18.3 Å². The normalized spacial score (nSPS) is 11.0. The molecule has 0 radical (unpaired) electrons. The summed E-state index contributed by atoms with van der Waals surface area (Å²) in [4.78, 5) is 3.77. The molecule has 30 heavy (non-hydrogen) atoms. The van der Waals surface area contributed by atoms with Gasteiger partial charge in [0.1, 0.15) is 0 Å². The largest absolute Gasteiger partial charge is 0.433 e. The van der Waals surface area contributed by atoms with Crippen LogP contribution in [0.25, 0.3) is 0 Å². The molecule has 3 aromatic carbocycles. The number of pyridine rings is 1. The number of hydrogen-bond donors (Lipinski definition) is 0. The Balaban J connectivity index is 1.90. The third-order valence-corrected chi connectivity index (χ3v) is 6.77. The third kappa shape index (κ3) is 3.79. The van der Waals surface area contributed by atoms with Crippen LogP contribution < -0.4 is 20.7 Å². The van der Waals surface area contributed by atoms with Crippen molar-refractivity contribution in [3.05, 3.63) is 108 Å². The van der Waals surface area contributed by atoms with Crippen LogP contribution in [0.5, 0.6) is 11.6 Å². The Bertz CT molecular complexity index is 1090. The molecule has 0 aliphatic heterocycles. The predicted octanol–water partition coefficient (Wildman–Crippen LogP) is 5.19. The molecule has 0 amide bonds. The SMILES string of the molecule is Fc1c(F)c(P(c2ccccc2)c2ccccc2)c(F)c(F)c1Oc1ccccn1. The predicted molar refractivity (Wildman–Crippen MR) is 109 cm³/mol. The number of rotatable bonds is 5. The molecule has 0 bridgehead atoms. The van der Waals surface area contributed by atoms with Gasteiger partial charge in [0.25, 0.3) is 0 Å². The van der Waals surface area contributed by atoms with Crippen molar-refractivity contribution in [1.82, 2.24) is 4.98 Å². The topological polar surface area (TPSA) is 22.1 Å². The van der Waals surface area contributed by atoms with Gasteiger partial charge in [0.05, 0.1) is 5.30 Å². The van der Waals surface area contributed by atoms with Gasteiger partial charge < -0.3 is 4.74 Å². The Morgan fingerprint density at radius 2 is 1.10 bits per heavy atom. The molecule has 0 aliphatic rings. The Labute approximate surface area is 171 Å². The van der Waals surface area contributed by atoms with Crippen molar-refractivity contribution in [2.45, 2.75) is 0 Å². The van der Waals surface area contributed by atoms with Crippen LogP contribution in [-0.2, 0) is 0 Å². The van der Waals surface area contributed by atoms with Crippen LogP contribution in [0.2, 0.25) is 0 Å². The van der Waals surface area contributed by atoms with Gasteiger partial charge >= 0.3 is 0 Å². The van der Waals surface area contributed by atoms with Crippen molar-refractivity contribution in [3.63, 3.8) is 0 Å². The molecule has 4 rings (SSSR count). The third-order valence-electron chi connectivity index (χ3n) is 4.30. The van der Waals surface area contributed by atoms with Crippen LogP contribution in [0, 0.1) is 23.3 Å². The average molecular weight is 427 g/mol. The van der Waals surface area contributed by atoms with E-state index in [9.17, 15) is 8.78 Å². The molecule has 0 saturated heterocycles. The second kappa shape index (κ2) is 8.64. The monoisotopic (exact) mass is 427 g/mol. The molecule has 0 atom stereocenters. The molecule has 0 spiro atoms. The van der Waals surface area contributed by atoms with E-state index in [-0.39, 0.29) is 5.88 Å². The molecular formula is C23H14F4NOP. The van der Waals surface area contributed by atoms with E-state index in [1.807, 2.05) is 0 Å². The number of ether oxygens (including phenoxy) is 1. The van der Waals surface area contributed by atoms with Crippen molar-refractivity contribution in [1.29, 1.82) is 0 Å². The van der Waals surface area contributed by atoms with Gasteiger partial charge in [-0.25, -0.2) is 13.8 Å².